The lowest BCUT2D eigenvalue weighted by Crippen LogP contribution is -2.24. The Balaban J connectivity index is 0.000000701. The molecule has 2 aromatic rings. The maximum absolute atomic E-state index is 11.9. The number of nitrogen functional groups attached to an aromatic ring is 1. The molecule has 3 rings (SSSR count). The molecule has 25 heavy (non-hydrogen) atoms. The van der Waals surface area contributed by atoms with E-state index in [2.05, 4.69) is 48.9 Å². The van der Waals surface area contributed by atoms with Gasteiger partial charge in [-0.1, -0.05) is 48.9 Å². The first-order valence-corrected chi connectivity index (χ1v) is 9.00. The van der Waals surface area contributed by atoms with E-state index >= 15 is 0 Å². The predicted molar refractivity (Wildman–Crippen MR) is 108 cm³/mol. The third kappa shape index (κ3) is 4.86. The SMILES string of the molecule is CC(=O)N1N=C(c2ccc(N)cc2)CC1c1ccc(C)cc1.CCS. The molecule has 1 aliphatic heterocycles. The Morgan fingerprint density at radius 3 is 2.28 bits per heavy atom. The van der Waals surface area contributed by atoms with Crippen LogP contribution in [-0.2, 0) is 4.79 Å². The first kappa shape index (κ1) is 19.1. The number of hydrogen-bond donors (Lipinski definition) is 2. The Bertz CT molecular complexity index is 739. The van der Waals surface area contributed by atoms with Crippen molar-refractivity contribution in [2.24, 2.45) is 5.10 Å². The first-order valence-electron chi connectivity index (χ1n) is 8.36. The van der Waals surface area contributed by atoms with Crippen molar-refractivity contribution < 1.29 is 4.79 Å². The summed E-state index contributed by atoms with van der Waals surface area (Å²) in [5.74, 6) is 0.899. The number of hydrogen-bond acceptors (Lipinski definition) is 4. The molecule has 0 spiro atoms. The normalized spacial score (nSPS) is 16.1. The zero-order chi connectivity index (χ0) is 18.4. The average molecular weight is 356 g/mol. The summed E-state index contributed by atoms with van der Waals surface area (Å²) in [6.07, 6.45) is 0.715. The van der Waals surface area contributed by atoms with E-state index in [1.165, 1.54) is 5.56 Å². The second kappa shape index (κ2) is 8.72. The monoisotopic (exact) mass is 355 g/mol. The third-order valence-corrected chi connectivity index (χ3v) is 3.94. The zero-order valence-corrected chi connectivity index (χ0v) is 15.8. The van der Waals surface area contributed by atoms with Gasteiger partial charge in [0.2, 0.25) is 5.91 Å². The third-order valence-electron chi connectivity index (χ3n) is 3.94. The van der Waals surface area contributed by atoms with Gasteiger partial charge >= 0.3 is 0 Å². The van der Waals surface area contributed by atoms with Crippen LogP contribution in [0.4, 0.5) is 5.69 Å². The summed E-state index contributed by atoms with van der Waals surface area (Å²) in [5.41, 5.74) is 10.7. The highest BCUT2D eigenvalue weighted by Crippen LogP contribution is 2.32. The van der Waals surface area contributed by atoms with Crippen LogP contribution in [0, 0.1) is 6.92 Å². The molecule has 0 saturated heterocycles. The van der Waals surface area contributed by atoms with E-state index in [0.29, 0.717) is 6.42 Å². The predicted octanol–water partition coefficient (Wildman–Crippen LogP) is 4.21. The Labute approximate surface area is 155 Å². The molecule has 2 N–H and O–H groups in total. The molecule has 2 aromatic carbocycles. The molecule has 5 heteroatoms. The highest BCUT2D eigenvalue weighted by molar-refractivity contribution is 7.80. The number of anilines is 1. The molecule has 1 amide bonds. The molecule has 0 bridgehead atoms. The summed E-state index contributed by atoms with van der Waals surface area (Å²) < 4.78 is 0. The molecular formula is C20H25N3OS. The molecule has 1 aliphatic rings. The van der Waals surface area contributed by atoms with Gasteiger partial charge in [-0.25, -0.2) is 5.01 Å². The lowest BCUT2D eigenvalue weighted by molar-refractivity contribution is -0.130. The minimum atomic E-state index is -0.0454. The van der Waals surface area contributed by atoms with E-state index in [9.17, 15) is 4.79 Å². The molecule has 0 saturated carbocycles. The lowest BCUT2D eigenvalue weighted by Gasteiger charge is -2.20. The molecule has 0 radical (unpaired) electrons. The smallest absolute Gasteiger partial charge is 0.240 e. The van der Waals surface area contributed by atoms with E-state index < -0.39 is 0 Å². The number of nitrogens with two attached hydrogens (primary N) is 1. The van der Waals surface area contributed by atoms with Crippen molar-refractivity contribution in [3.63, 3.8) is 0 Å². The van der Waals surface area contributed by atoms with E-state index in [-0.39, 0.29) is 11.9 Å². The molecule has 1 atom stereocenters. The summed E-state index contributed by atoms with van der Waals surface area (Å²) >= 11 is 3.79. The summed E-state index contributed by atoms with van der Waals surface area (Å²) in [6.45, 7) is 5.59. The number of hydrazone groups is 1. The Hall–Kier alpha value is -2.27. The van der Waals surface area contributed by atoms with Crippen LogP contribution in [0.5, 0.6) is 0 Å². The van der Waals surface area contributed by atoms with Gasteiger partial charge in [0.05, 0.1) is 11.8 Å². The van der Waals surface area contributed by atoms with Gasteiger partial charge in [-0.15, -0.1) is 0 Å². The fourth-order valence-electron chi connectivity index (χ4n) is 2.70. The van der Waals surface area contributed by atoms with Crippen molar-refractivity contribution >= 4 is 29.9 Å². The number of benzene rings is 2. The number of rotatable bonds is 2. The van der Waals surface area contributed by atoms with Crippen LogP contribution in [-0.4, -0.2) is 22.4 Å². The quantitative estimate of drug-likeness (QED) is 0.626. The highest BCUT2D eigenvalue weighted by atomic mass is 32.1. The first-order chi connectivity index (χ1) is 12.0. The number of carbonyl (C=O) groups is 1. The number of carbonyl (C=O) groups excluding carboxylic acids is 1. The average Bonchev–Trinajstić information content (AvgIpc) is 3.02. The van der Waals surface area contributed by atoms with Crippen molar-refractivity contribution in [3.05, 3.63) is 65.2 Å². The van der Waals surface area contributed by atoms with Crippen LogP contribution in [0.2, 0.25) is 0 Å². The van der Waals surface area contributed by atoms with Crippen molar-refractivity contribution in [3.8, 4) is 0 Å². The molecule has 1 unspecified atom stereocenters. The zero-order valence-electron chi connectivity index (χ0n) is 14.9. The standard InChI is InChI=1S/C18H19N3O.C2H6S/c1-12-3-5-15(6-4-12)18-11-17(20-21(18)13(2)22)14-7-9-16(19)10-8-14;1-2-3/h3-10,18H,11,19H2,1-2H3;3H,2H2,1H3. The van der Waals surface area contributed by atoms with Gasteiger partial charge in [0.1, 0.15) is 0 Å². The molecule has 0 aliphatic carbocycles. The highest BCUT2D eigenvalue weighted by Gasteiger charge is 2.31. The summed E-state index contributed by atoms with van der Waals surface area (Å²) in [5, 5.41) is 6.11. The van der Waals surface area contributed by atoms with Crippen LogP contribution in [0.1, 0.15) is 43.0 Å². The van der Waals surface area contributed by atoms with Crippen LogP contribution < -0.4 is 5.73 Å². The van der Waals surface area contributed by atoms with Crippen molar-refractivity contribution in [1.29, 1.82) is 0 Å². The van der Waals surface area contributed by atoms with E-state index in [1.54, 1.807) is 11.9 Å². The summed E-state index contributed by atoms with van der Waals surface area (Å²) in [4.78, 5) is 11.9. The molecule has 1 heterocycles. The van der Waals surface area contributed by atoms with Gasteiger partial charge in [-0.05, 0) is 35.9 Å². The van der Waals surface area contributed by atoms with Gasteiger partial charge in [0.25, 0.3) is 0 Å². The van der Waals surface area contributed by atoms with Gasteiger partial charge in [0.15, 0.2) is 0 Å². The number of amides is 1. The largest absolute Gasteiger partial charge is 0.399 e. The summed E-state index contributed by atoms with van der Waals surface area (Å²) in [6, 6.07) is 15.8. The molecular weight excluding hydrogens is 330 g/mol. The minimum Gasteiger partial charge on any atom is -0.399 e. The Kier molecular flexibility index (Phi) is 6.65. The maximum Gasteiger partial charge on any atom is 0.240 e. The molecule has 132 valence electrons. The van der Waals surface area contributed by atoms with Gasteiger partial charge in [-0.3, -0.25) is 4.79 Å². The topological polar surface area (TPSA) is 58.7 Å². The van der Waals surface area contributed by atoms with Crippen LogP contribution >= 0.6 is 12.6 Å². The van der Waals surface area contributed by atoms with Gasteiger partial charge in [-0.2, -0.15) is 17.7 Å². The van der Waals surface area contributed by atoms with Crippen molar-refractivity contribution in [1.82, 2.24) is 5.01 Å². The Morgan fingerprint density at radius 1 is 1.20 bits per heavy atom. The minimum absolute atomic E-state index is 0.0364. The number of thiol groups is 1. The number of aryl methyl sites for hydroxylation is 1. The molecule has 4 nitrogen and oxygen atoms in total. The van der Waals surface area contributed by atoms with Crippen LogP contribution in [0.15, 0.2) is 53.6 Å². The van der Waals surface area contributed by atoms with Gasteiger partial charge in [0, 0.05) is 19.0 Å². The number of nitrogens with zero attached hydrogens (tertiary/aromatic N) is 2. The Morgan fingerprint density at radius 2 is 1.76 bits per heavy atom. The van der Waals surface area contributed by atoms with E-state index in [1.807, 2.05) is 31.2 Å². The maximum atomic E-state index is 11.9. The van der Waals surface area contributed by atoms with Gasteiger partial charge < -0.3 is 5.73 Å². The van der Waals surface area contributed by atoms with E-state index in [0.717, 1.165) is 28.3 Å². The summed E-state index contributed by atoms with van der Waals surface area (Å²) in [7, 11) is 0. The lowest BCUT2D eigenvalue weighted by atomic mass is 9.97. The van der Waals surface area contributed by atoms with Crippen LogP contribution in [0.25, 0.3) is 0 Å². The fraction of sp³-hybridized carbons (Fsp3) is 0.300. The molecule has 0 fully saturated rings. The fourth-order valence-corrected chi connectivity index (χ4v) is 2.70. The second-order valence-electron chi connectivity index (χ2n) is 5.98. The van der Waals surface area contributed by atoms with Crippen LogP contribution in [0.3, 0.4) is 0 Å². The van der Waals surface area contributed by atoms with Crippen molar-refractivity contribution in [2.75, 3.05) is 11.5 Å². The van der Waals surface area contributed by atoms with Crippen molar-refractivity contribution in [2.45, 2.75) is 33.2 Å². The molecule has 0 aromatic heterocycles. The van der Waals surface area contributed by atoms with E-state index in [4.69, 9.17) is 5.73 Å². The second-order valence-corrected chi connectivity index (χ2v) is 6.61.